The third-order valence-corrected chi connectivity index (χ3v) is 7.73. The van der Waals surface area contributed by atoms with Crippen LogP contribution in [0.5, 0.6) is 11.5 Å². The number of amides is 2. The molecule has 0 aliphatic carbocycles. The highest BCUT2D eigenvalue weighted by Gasteiger charge is 2.33. The Morgan fingerprint density at radius 2 is 1.56 bits per heavy atom. The van der Waals surface area contributed by atoms with E-state index in [-0.39, 0.29) is 6.03 Å². The molecule has 0 saturated carbocycles. The Bertz CT molecular complexity index is 1230. The van der Waals surface area contributed by atoms with Gasteiger partial charge in [-0.05, 0) is 60.1 Å². The van der Waals surface area contributed by atoms with Gasteiger partial charge in [-0.15, -0.1) is 11.3 Å². The van der Waals surface area contributed by atoms with E-state index >= 15 is 0 Å². The molecule has 2 amide bonds. The number of ether oxygens (including phenoxy) is 2. The van der Waals surface area contributed by atoms with Crippen LogP contribution in [0, 0.1) is 5.92 Å². The molecule has 0 radical (unpaired) electrons. The van der Waals surface area contributed by atoms with Gasteiger partial charge in [-0.2, -0.15) is 0 Å². The number of methoxy groups -OCH3 is 2. The molecule has 190 valence electrons. The number of hydrogen-bond donors (Lipinski definition) is 0. The molecule has 36 heavy (non-hydrogen) atoms. The molecule has 0 fully saturated rings. The minimum atomic E-state index is 0.00652. The van der Waals surface area contributed by atoms with Gasteiger partial charge in [0.1, 0.15) is 5.00 Å². The lowest BCUT2D eigenvalue weighted by molar-refractivity contribution is 0.229. The van der Waals surface area contributed by atoms with Crippen LogP contribution in [0.1, 0.15) is 47.4 Å². The summed E-state index contributed by atoms with van der Waals surface area (Å²) in [5, 5.41) is 1.03. The second-order valence-corrected chi connectivity index (χ2v) is 10.9. The van der Waals surface area contributed by atoms with E-state index in [0.29, 0.717) is 12.5 Å². The minimum Gasteiger partial charge on any atom is -0.493 e. The van der Waals surface area contributed by atoms with Crippen molar-refractivity contribution in [2.45, 2.75) is 39.5 Å². The summed E-state index contributed by atoms with van der Waals surface area (Å²) in [7, 11) is 5.14. The van der Waals surface area contributed by atoms with Crippen molar-refractivity contribution in [3.63, 3.8) is 0 Å². The first-order valence-electron chi connectivity index (χ1n) is 12.5. The number of aryl methyl sites for hydroxylation is 2. The molecule has 0 bridgehead atoms. The molecule has 1 aliphatic heterocycles. The maximum absolute atomic E-state index is 12.9. The summed E-state index contributed by atoms with van der Waals surface area (Å²) in [4.78, 5) is 17.7. The molecule has 3 aromatic rings. The molecule has 1 aromatic heterocycles. The largest absolute Gasteiger partial charge is 0.493 e. The molecule has 6 heteroatoms. The SMILES string of the molecule is C=C1c2cc(Cc3ccc(CCCc4ccc(OC)c(OC)c4)cc3)sc2N(CC(C)C)C(=O)N1C. The van der Waals surface area contributed by atoms with Crippen LogP contribution in [0.4, 0.5) is 9.80 Å². The number of urea groups is 1. The Kier molecular flexibility index (Phi) is 8.04. The second-order valence-electron chi connectivity index (χ2n) is 9.76. The van der Waals surface area contributed by atoms with Crippen LogP contribution in [0.3, 0.4) is 0 Å². The molecule has 2 aromatic carbocycles. The number of carbonyl (C=O) groups excluding carboxylic acids is 1. The average molecular weight is 505 g/mol. The molecule has 0 spiro atoms. The first-order valence-corrected chi connectivity index (χ1v) is 13.3. The summed E-state index contributed by atoms with van der Waals surface area (Å²) >= 11 is 1.71. The molecule has 0 N–H and O–H groups in total. The van der Waals surface area contributed by atoms with Crippen LogP contribution in [0.25, 0.3) is 5.70 Å². The Hall–Kier alpha value is -3.25. The van der Waals surface area contributed by atoms with Crippen molar-refractivity contribution in [3.05, 3.63) is 82.2 Å². The molecule has 4 rings (SSSR count). The summed E-state index contributed by atoms with van der Waals surface area (Å²) in [5.41, 5.74) is 5.72. The van der Waals surface area contributed by atoms with Crippen LogP contribution >= 0.6 is 11.3 Å². The lowest BCUT2D eigenvalue weighted by atomic mass is 10.0. The summed E-state index contributed by atoms with van der Waals surface area (Å²) in [5.74, 6) is 1.94. The van der Waals surface area contributed by atoms with Crippen LogP contribution in [-0.2, 0) is 19.3 Å². The standard InChI is InChI=1S/C30H36N2O3S/c1-20(2)19-32-29-26(21(3)31(4)30(32)33)18-25(36-29)16-24-12-10-22(11-13-24)8-7-9-23-14-15-27(34-5)28(17-23)35-6/h10-15,17-18,20H,3,7-9,16,19H2,1-2,4-6H3. The second kappa shape index (κ2) is 11.2. The Balaban J connectivity index is 1.38. The highest BCUT2D eigenvalue weighted by atomic mass is 32.1. The quantitative estimate of drug-likeness (QED) is 0.298. The van der Waals surface area contributed by atoms with E-state index in [4.69, 9.17) is 9.47 Å². The zero-order valence-electron chi connectivity index (χ0n) is 22.0. The predicted molar refractivity (Wildman–Crippen MR) is 150 cm³/mol. The number of thiophene rings is 1. The topological polar surface area (TPSA) is 42.0 Å². The van der Waals surface area contributed by atoms with E-state index in [1.54, 1.807) is 30.5 Å². The molecule has 0 unspecified atom stereocenters. The van der Waals surface area contributed by atoms with Crippen LogP contribution in [-0.4, -0.2) is 38.7 Å². The van der Waals surface area contributed by atoms with E-state index in [1.165, 1.54) is 21.6 Å². The van der Waals surface area contributed by atoms with Crippen molar-refractivity contribution in [1.29, 1.82) is 0 Å². The summed E-state index contributed by atoms with van der Waals surface area (Å²) in [6, 6.07) is 17.3. The van der Waals surface area contributed by atoms with Crippen LogP contribution < -0.4 is 14.4 Å². The van der Waals surface area contributed by atoms with Gasteiger partial charge in [0.2, 0.25) is 0 Å². The number of carbonyl (C=O) groups is 1. The Morgan fingerprint density at radius 1 is 0.917 bits per heavy atom. The normalized spacial score (nSPS) is 13.4. The van der Waals surface area contributed by atoms with Crippen LogP contribution in [0.2, 0.25) is 0 Å². The van der Waals surface area contributed by atoms with E-state index < -0.39 is 0 Å². The van der Waals surface area contributed by atoms with Gasteiger partial charge >= 0.3 is 6.03 Å². The summed E-state index contributed by atoms with van der Waals surface area (Å²) in [6.45, 7) is 9.16. The molecular formula is C30H36N2O3S. The molecule has 1 aliphatic rings. The van der Waals surface area contributed by atoms with Crippen molar-refractivity contribution in [2.75, 3.05) is 32.7 Å². The molecule has 5 nitrogen and oxygen atoms in total. The van der Waals surface area contributed by atoms with E-state index in [2.05, 4.69) is 62.9 Å². The smallest absolute Gasteiger partial charge is 0.329 e. The zero-order chi connectivity index (χ0) is 25.8. The predicted octanol–water partition coefficient (Wildman–Crippen LogP) is 7.03. The fourth-order valence-corrected chi connectivity index (χ4v) is 5.79. The lowest BCUT2D eigenvalue weighted by Crippen LogP contribution is -2.45. The van der Waals surface area contributed by atoms with E-state index in [1.807, 2.05) is 18.0 Å². The van der Waals surface area contributed by atoms with Gasteiger partial charge < -0.3 is 9.47 Å². The lowest BCUT2D eigenvalue weighted by Gasteiger charge is -2.35. The fraction of sp³-hybridized carbons (Fsp3) is 0.367. The number of anilines is 1. The van der Waals surface area contributed by atoms with Gasteiger partial charge in [0, 0.05) is 36.2 Å². The maximum Gasteiger partial charge on any atom is 0.329 e. The maximum atomic E-state index is 12.9. The van der Waals surface area contributed by atoms with Crippen molar-refractivity contribution in [3.8, 4) is 11.5 Å². The van der Waals surface area contributed by atoms with E-state index in [9.17, 15) is 4.79 Å². The number of fused-ring (bicyclic) bond motifs is 1. The van der Waals surface area contributed by atoms with Gasteiger partial charge in [-0.3, -0.25) is 9.80 Å². The van der Waals surface area contributed by atoms with Crippen molar-refractivity contribution >= 4 is 28.1 Å². The van der Waals surface area contributed by atoms with Gasteiger partial charge in [0.15, 0.2) is 11.5 Å². The van der Waals surface area contributed by atoms with Crippen molar-refractivity contribution in [1.82, 2.24) is 4.90 Å². The molecule has 0 atom stereocenters. The number of benzene rings is 2. The Morgan fingerprint density at radius 3 is 2.22 bits per heavy atom. The summed E-state index contributed by atoms with van der Waals surface area (Å²) in [6.07, 6.45) is 3.94. The van der Waals surface area contributed by atoms with Gasteiger partial charge in [-0.1, -0.05) is 50.8 Å². The van der Waals surface area contributed by atoms with Crippen molar-refractivity contribution < 1.29 is 14.3 Å². The van der Waals surface area contributed by atoms with Crippen molar-refractivity contribution in [2.24, 2.45) is 5.92 Å². The fourth-order valence-electron chi connectivity index (χ4n) is 4.57. The highest BCUT2D eigenvalue weighted by Crippen LogP contribution is 2.42. The van der Waals surface area contributed by atoms with E-state index in [0.717, 1.165) is 53.4 Å². The monoisotopic (exact) mass is 504 g/mol. The molecule has 2 heterocycles. The number of hydrogen-bond acceptors (Lipinski definition) is 4. The van der Waals surface area contributed by atoms with Crippen LogP contribution in [0.15, 0.2) is 55.1 Å². The number of nitrogens with zero attached hydrogens (tertiary/aromatic N) is 2. The highest BCUT2D eigenvalue weighted by molar-refractivity contribution is 7.16. The third kappa shape index (κ3) is 5.59. The molecule has 0 saturated heterocycles. The minimum absolute atomic E-state index is 0.00652. The Labute approximate surface area is 219 Å². The van der Waals surface area contributed by atoms with Gasteiger partial charge in [0.05, 0.1) is 14.2 Å². The number of rotatable bonds is 10. The van der Waals surface area contributed by atoms with Gasteiger partial charge in [-0.25, -0.2) is 4.79 Å². The zero-order valence-corrected chi connectivity index (χ0v) is 22.8. The first kappa shape index (κ1) is 25.8. The third-order valence-electron chi connectivity index (χ3n) is 6.57. The van der Waals surface area contributed by atoms with Gasteiger partial charge in [0.25, 0.3) is 0 Å². The molecular weight excluding hydrogens is 468 g/mol. The summed E-state index contributed by atoms with van der Waals surface area (Å²) < 4.78 is 10.7. The average Bonchev–Trinajstić information content (AvgIpc) is 3.29. The first-order chi connectivity index (χ1) is 17.3.